The summed E-state index contributed by atoms with van der Waals surface area (Å²) in [6.07, 6.45) is 3.83. The van der Waals surface area contributed by atoms with Crippen molar-refractivity contribution in [3.8, 4) is 0 Å². The van der Waals surface area contributed by atoms with Crippen LogP contribution < -0.4 is 0 Å². The number of nitrogens with zero attached hydrogens (tertiary/aromatic N) is 2. The van der Waals surface area contributed by atoms with Gasteiger partial charge in [0.15, 0.2) is 0 Å². The Kier molecular flexibility index (Phi) is 5.51. The molecule has 0 aromatic heterocycles. The first-order chi connectivity index (χ1) is 11.6. The van der Waals surface area contributed by atoms with Crippen molar-refractivity contribution < 1.29 is 14.3 Å². The Bertz CT molecular complexity index is 575. The van der Waals surface area contributed by atoms with E-state index in [4.69, 9.17) is 4.74 Å². The lowest BCUT2D eigenvalue weighted by molar-refractivity contribution is -0.144. The number of rotatable bonds is 5. The SMILES string of the molecule is CC(=O)N(CCC(=O)N1CCO[C@H]2CCC[C@@H]21)Cc1ccccc1. The van der Waals surface area contributed by atoms with Gasteiger partial charge in [0, 0.05) is 33.0 Å². The molecule has 3 rings (SSSR count). The van der Waals surface area contributed by atoms with Crippen molar-refractivity contribution in [1.29, 1.82) is 0 Å². The fourth-order valence-corrected chi connectivity index (χ4v) is 3.76. The molecular formula is C19H26N2O3. The average Bonchev–Trinajstić information content (AvgIpc) is 3.07. The highest BCUT2D eigenvalue weighted by Gasteiger charge is 2.38. The van der Waals surface area contributed by atoms with E-state index in [1.54, 1.807) is 11.8 Å². The van der Waals surface area contributed by atoms with E-state index in [1.807, 2.05) is 35.2 Å². The minimum atomic E-state index is 0.00683. The molecule has 1 aliphatic heterocycles. The molecule has 0 unspecified atom stereocenters. The van der Waals surface area contributed by atoms with Gasteiger partial charge in [-0.25, -0.2) is 0 Å². The van der Waals surface area contributed by atoms with Crippen molar-refractivity contribution in [2.75, 3.05) is 19.7 Å². The fourth-order valence-electron chi connectivity index (χ4n) is 3.76. The molecule has 5 nitrogen and oxygen atoms in total. The smallest absolute Gasteiger partial charge is 0.224 e. The van der Waals surface area contributed by atoms with E-state index in [0.29, 0.717) is 32.7 Å². The maximum absolute atomic E-state index is 12.7. The zero-order valence-corrected chi connectivity index (χ0v) is 14.3. The van der Waals surface area contributed by atoms with Gasteiger partial charge in [0.05, 0.1) is 18.8 Å². The van der Waals surface area contributed by atoms with E-state index in [0.717, 1.165) is 24.8 Å². The van der Waals surface area contributed by atoms with E-state index in [-0.39, 0.29) is 24.0 Å². The Morgan fingerprint density at radius 3 is 2.79 bits per heavy atom. The molecule has 2 atom stereocenters. The van der Waals surface area contributed by atoms with Crippen LogP contribution >= 0.6 is 0 Å². The Balaban J connectivity index is 1.56. The largest absolute Gasteiger partial charge is 0.374 e. The summed E-state index contributed by atoms with van der Waals surface area (Å²) in [6, 6.07) is 10.1. The summed E-state index contributed by atoms with van der Waals surface area (Å²) in [5.41, 5.74) is 1.09. The highest BCUT2D eigenvalue weighted by molar-refractivity contribution is 5.78. The van der Waals surface area contributed by atoms with Gasteiger partial charge in [-0.15, -0.1) is 0 Å². The van der Waals surface area contributed by atoms with Crippen molar-refractivity contribution in [2.24, 2.45) is 0 Å². The highest BCUT2D eigenvalue weighted by atomic mass is 16.5. The number of ether oxygens (including phenoxy) is 1. The Morgan fingerprint density at radius 1 is 1.25 bits per heavy atom. The van der Waals surface area contributed by atoms with Gasteiger partial charge in [-0.2, -0.15) is 0 Å². The predicted molar refractivity (Wildman–Crippen MR) is 91.2 cm³/mol. The quantitative estimate of drug-likeness (QED) is 0.832. The monoisotopic (exact) mass is 330 g/mol. The van der Waals surface area contributed by atoms with E-state index in [1.165, 1.54) is 0 Å². The molecule has 0 spiro atoms. The Hall–Kier alpha value is -1.88. The fraction of sp³-hybridized carbons (Fsp3) is 0.579. The molecule has 0 radical (unpaired) electrons. The second-order valence-corrected chi connectivity index (χ2v) is 6.67. The van der Waals surface area contributed by atoms with Crippen LogP contribution in [0.3, 0.4) is 0 Å². The second kappa shape index (κ2) is 7.79. The van der Waals surface area contributed by atoms with Gasteiger partial charge >= 0.3 is 0 Å². The van der Waals surface area contributed by atoms with Gasteiger partial charge in [0.25, 0.3) is 0 Å². The average molecular weight is 330 g/mol. The first kappa shape index (κ1) is 17.0. The molecule has 130 valence electrons. The zero-order valence-electron chi connectivity index (χ0n) is 14.3. The second-order valence-electron chi connectivity index (χ2n) is 6.67. The molecule has 2 fully saturated rings. The molecular weight excluding hydrogens is 304 g/mol. The number of carbonyl (C=O) groups excluding carboxylic acids is 2. The maximum Gasteiger partial charge on any atom is 0.224 e. The Labute approximate surface area is 143 Å². The van der Waals surface area contributed by atoms with Crippen LogP contribution in [-0.4, -0.2) is 53.5 Å². The standard InChI is InChI=1S/C19H26N2O3/c1-15(22)20(14-16-6-3-2-4-7-16)11-10-19(23)21-12-13-24-18-9-5-8-17(18)21/h2-4,6-7,17-18H,5,8-14H2,1H3/t17-,18-/m0/s1. The van der Waals surface area contributed by atoms with Gasteiger partial charge in [-0.05, 0) is 24.8 Å². The number of morpholine rings is 1. The third-order valence-electron chi connectivity index (χ3n) is 5.06. The maximum atomic E-state index is 12.7. The first-order valence-corrected chi connectivity index (χ1v) is 8.85. The summed E-state index contributed by atoms with van der Waals surface area (Å²) in [5.74, 6) is 0.155. The third-order valence-corrected chi connectivity index (χ3v) is 5.06. The predicted octanol–water partition coefficient (Wildman–Crippen LogP) is 2.21. The summed E-state index contributed by atoms with van der Waals surface area (Å²) < 4.78 is 5.77. The summed E-state index contributed by atoms with van der Waals surface area (Å²) in [4.78, 5) is 28.3. The summed E-state index contributed by atoms with van der Waals surface area (Å²) in [7, 11) is 0. The zero-order chi connectivity index (χ0) is 16.9. The summed E-state index contributed by atoms with van der Waals surface area (Å²) in [5, 5.41) is 0. The first-order valence-electron chi connectivity index (χ1n) is 8.85. The molecule has 0 N–H and O–H groups in total. The lowest BCUT2D eigenvalue weighted by Gasteiger charge is -2.38. The van der Waals surface area contributed by atoms with Gasteiger partial charge < -0.3 is 14.5 Å². The van der Waals surface area contributed by atoms with Gasteiger partial charge in [0.1, 0.15) is 0 Å². The van der Waals surface area contributed by atoms with Gasteiger partial charge in [-0.3, -0.25) is 9.59 Å². The molecule has 1 saturated carbocycles. The molecule has 0 bridgehead atoms. The number of benzene rings is 1. The summed E-state index contributed by atoms with van der Waals surface area (Å²) >= 11 is 0. The van der Waals surface area contributed by atoms with Crippen molar-refractivity contribution in [2.45, 2.75) is 51.3 Å². The molecule has 1 aromatic rings. The van der Waals surface area contributed by atoms with Crippen molar-refractivity contribution in [3.05, 3.63) is 35.9 Å². The van der Waals surface area contributed by atoms with E-state index < -0.39 is 0 Å². The number of hydrogen-bond acceptors (Lipinski definition) is 3. The number of fused-ring (bicyclic) bond motifs is 1. The molecule has 2 aliphatic rings. The minimum absolute atomic E-state index is 0.00683. The van der Waals surface area contributed by atoms with Crippen LogP contribution in [0.25, 0.3) is 0 Å². The van der Waals surface area contributed by atoms with Crippen molar-refractivity contribution in [3.63, 3.8) is 0 Å². The summed E-state index contributed by atoms with van der Waals surface area (Å²) in [6.45, 7) is 3.90. The van der Waals surface area contributed by atoms with Gasteiger partial charge in [-0.1, -0.05) is 30.3 Å². The third kappa shape index (κ3) is 3.96. The normalized spacial score (nSPS) is 23.0. The van der Waals surface area contributed by atoms with Crippen LogP contribution in [0.4, 0.5) is 0 Å². The van der Waals surface area contributed by atoms with Crippen LogP contribution in [0, 0.1) is 0 Å². The van der Waals surface area contributed by atoms with E-state index >= 15 is 0 Å². The molecule has 5 heteroatoms. The molecule has 1 aromatic carbocycles. The van der Waals surface area contributed by atoms with E-state index in [9.17, 15) is 9.59 Å². The van der Waals surface area contributed by atoms with Crippen molar-refractivity contribution in [1.82, 2.24) is 9.80 Å². The van der Waals surface area contributed by atoms with Crippen LogP contribution in [-0.2, 0) is 20.9 Å². The molecule has 24 heavy (non-hydrogen) atoms. The topological polar surface area (TPSA) is 49.9 Å². The van der Waals surface area contributed by atoms with E-state index in [2.05, 4.69) is 0 Å². The lowest BCUT2D eigenvalue weighted by Crippen LogP contribution is -2.51. The number of carbonyl (C=O) groups is 2. The lowest BCUT2D eigenvalue weighted by atomic mass is 10.1. The number of hydrogen-bond donors (Lipinski definition) is 0. The Morgan fingerprint density at radius 2 is 2.04 bits per heavy atom. The minimum Gasteiger partial charge on any atom is -0.374 e. The van der Waals surface area contributed by atoms with Gasteiger partial charge in [0.2, 0.25) is 11.8 Å². The number of amides is 2. The molecule has 1 saturated heterocycles. The highest BCUT2D eigenvalue weighted by Crippen LogP contribution is 2.30. The molecule has 1 heterocycles. The van der Waals surface area contributed by atoms with Crippen molar-refractivity contribution >= 4 is 11.8 Å². The molecule has 1 aliphatic carbocycles. The van der Waals surface area contributed by atoms with Crippen LogP contribution in [0.2, 0.25) is 0 Å². The van der Waals surface area contributed by atoms with Crippen LogP contribution in [0.15, 0.2) is 30.3 Å². The molecule has 2 amide bonds. The van der Waals surface area contributed by atoms with Crippen LogP contribution in [0.5, 0.6) is 0 Å². The van der Waals surface area contributed by atoms with Crippen LogP contribution in [0.1, 0.15) is 38.2 Å².